The second-order valence-corrected chi connectivity index (χ2v) is 6.26. The van der Waals surface area contributed by atoms with Gasteiger partial charge >= 0.3 is 0 Å². The van der Waals surface area contributed by atoms with Gasteiger partial charge in [-0.2, -0.15) is 0 Å². The van der Waals surface area contributed by atoms with Gasteiger partial charge in [0.1, 0.15) is 0 Å². The Labute approximate surface area is 107 Å². The van der Waals surface area contributed by atoms with Crippen LogP contribution in [0.1, 0.15) is 52.4 Å². The maximum absolute atomic E-state index is 3.50. The van der Waals surface area contributed by atoms with Crippen LogP contribution in [-0.2, 0) is 0 Å². The summed E-state index contributed by atoms with van der Waals surface area (Å²) in [5, 5.41) is 3.50. The first-order chi connectivity index (χ1) is 8.28. The second kappa shape index (κ2) is 6.19. The fourth-order valence-electron chi connectivity index (χ4n) is 3.79. The minimum Gasteiger partial charge on any atom is -0.317 e. The van der Waals surface area contributed by atoms with Crippen molar-refractivity contribution in [3.63, 3.8) is 0 Å². The molecule has 1 aliphatic carbocycles. The summed E-state index contributed by atoms with van der Waals surface area (Å²) in [5.74, 6) is 0.908. The zero-order valence-electron chi connectivity index (χ0n) is 11.8. The predicted octanol–water partition coefficient (Wildman–Crippen LogP) is 2.89. The average Bonchev–Trinajstić information content (AvgIpc) is 2.97. The zero-order valence-corrected chi connectivity index (χ0v) is 11.8. The van der Waals surface area contributed by atoms with Crippen molar-refractivity contribution in [3.8, 4) is 0 Å². The molecule has 2 aliphatic rings. The normalized spacial score (nSPS) is 28.9. The third-order valence-corrected chi connectivity index (χ3v) is 5.03. The molecule has 17 heavy (non-hydrogen) atoms. The van der Waals surface area contributed by atoms with Gasteiger partial charge in [-0.15, -0.1) is 0 Å². The summed E-state index contributed by atoms with van der Waals surface area (Å²) >= 11 is 0. The van der Waals surface area contributed by atoms with Gasteiger partial charge in [0.2, 0.25) is 0 Å². The highest BCUT2D eigenvalue weighted by atomic mass is 15.2. The molecular weight excluding hydrogens is 208 g/mol. The largest absolute Gasteiger partial charge is 0.317 e. The van der Waals surface area contributed by atoms with Crippen molar-refractivity contribution >= 4 is 0 Å². The molecule has 1 atom stereocenters. The minimum atomic E-state index is 0.688. The van der Waals surface area contributed by atoms with E-state index in [4.69, 9.17) is 0 Å². The SMILES string of the molecule is CCNCC1CCN(CC2(CC)CCCC2)C1. The lowest BCUT2D eigenvalue weighted by molar-refractivity contribution is 0.166. The highest BCUT2D eigenvalue weighted by Crippen LogP contribution is 2.42. The van der Waals surface area contributed by atoms with E-state index in [2.05, 4.69) is 24.1 Å². The van der Waals surface area contributed by atoms with Crippen molar-refractivity contribution in [2.24, 2.45) is 11.3 Å². The van der Waals surface area contributed by atoms with Crippen LogP contribution in [0.4, 0.5) is 0 Å². The van der Waals surface area contributed by atoms with Gasteiger partial charge in [0.05, 0.1) is 0 Å². The first kappa shape index (κ1) is 13.4. The highest BCUT2D eigenvalue weighted by Gasteiger charge is 2.35. The van der Waals surface area contributed by atoms with Gasteiger partial charge < -0.3 is 10.2 Å². The lowest BCUT2D eigenvalue weighted by Gasteiger charge is -2.32. The van der Waals surface area contributed by atoms with Gasteiger partial charge in [0.15, 0.2) is 0 Å². The summed E-state index contributed by atoms with van der Waals surface area (Å²) in [5.41, 5.74) is 0.688. The van der Waals surface area contributed by atoms with Gasteiger partial charge in [0.25, 0.3) is 0 Å². The van der Waals surface area contributed by atoms with E-state index >= 15 is 0 Å². The van der Waals surface area contributed by atoms with Crippen molar-refractivity contribution < 1.29 is 0 Å². The molecule has 0 aromatic heterocycles. The molecule has 2 rings (SSSR count). The van der Waals surface area contributed by atoms with Crippen LogP contribution in [0.3, 0.4) is 0 Å². The summed E-state index contributed by atoms with van der Waals surface area (Å²) in [6.45, 7) is 11.0. The van der Waals surface area contributed by atoms with Crippen LogP contribution in [-0.4, -0.2) is 37.6 Å². The lowest BCUT2D eigenvalue weighted by Crippen LogP contribution is -2.35. The molecule has 0 bridgehead atoms. The Morgan fingerprint density at radius 1 is 1.24 bits per heavy atom. The van der Waals surface area contributed by atoms with Crippen LogP contribution in [0.5, 0.6) is 0 Å². The van der Waals surface area contributed by atoms with E-state index in [-0.39, 0.29) is 0 Å². The number of nitrogens with one attached hydrogen (secondary N) is 1. The van der Waals surface area contributed by atoms with E-state index < -0.39 is 0 Å². The summed E-state index contributed by atoms with van der Waals surface area (Å²) in [6, 6.07) is 0. The Balaban J connectivity index is 1.76. The third-order valence-electron chi connectivity index (χ3n) is 5.03. The maximum Gasteiger partial charge on any atom is 0.00380 e. The molecule has 0 aromatic rings. The van der Waals surface area contributed by atoms with Gasteiger partial charge in [-0.25, -0.2) is 0 Å². The second-order valence-electron chi connectivity index (χ2n) is 6.26. The lowest BCUT2D eigenvalue weighted by atomic mass is 9.83. The molecule has 1 heterocycles. The number of rotatable bonds is 6. The van der Waals surface area contributed by atoms with Crippen molar-refractivity contribution in [2.45, 2.75) is 52.4 Å². The zero-order chi connectivity index (χ0) is 12.1. The maximum atomic E-state index is 3.50. The molecule has 1 unspecified atom stereocenters. The van der Waals surface area contributed by atoms with E-state index in [9.17, 15) is 0 Å². The average molecular weight is 238 g/mol. The van der Waals surface area contributed by atoms with Crippen molar-refractivity contribution in [2.75, 3.05) is 32.7 Å². The molecule has 0 spiro atoms. The fraction of sp³-hybridized carbons (Fsp3) is 1.00. The van der Waals surface area contributed by atoms with Crippen LogP contribution in [0.25, 0.3) is 0 Å². The van der Waals surface area contributed by atoms with Crippen LogP contribution in [0, 0.1) is 11.3 Å². The van der Waals surface area contributed by atoms with Crippen LogP contribution in [0.2, 0.25) is 0 Å². The molecule has 0 radical (unpaired) electrons. The molecule has 1 saturated heterocycles. The number of likely N-dealkylation sites (tertiary alicyclic amines) is 1. The van der Waals surface area contributed by atoms with Crippen LogP contribution < -0.4 is 5.32 Å². The molecule has 0 amide bonds. The van der Waals surface area contributed by atoms with E-state index in [1.54, 1.807) is 0 Å². The van der Waals surface area contributed by atoms with Crippen LogP contribution >= 0.6 is 0 Å². The van der Waals surface area contributed by atoms with E-state index in [1.807, 2.05) is 0 Å². The molecule has 2 nitrogen and oxygen atoms in total. The summed E-state index contributed by atoms with van der Waals surface area (Å²) in [7, 11) is 0. The van der Waals surface area contributed by atoms with Crippen molar-refractivity contribution in [1.29, 1.82) is 0 Å². The number of nitrogens with zero attached hydrogens (tertiary/aromatic N) is 1. The Morgan fingerprint density at radius 2 is 2.00 bits per heavy atom. The Kier molecular flexibility index (Phi) is 4.87. The van der Waals surface area contributed by atoms with Crippen molar-refractivity contribution in [3.05, 3.63) is 0 Å². The topological polar surface area (TPSA) is 15.3 Å². The number of hydrogen-bond donors (Lipinski definition) is 1. The highest BCUT2D eigenvalue weighted by molar-refractivity contribution is 4.89. The first-order valence-corrected chi connectivity index (χ1v) is 7.71. The van der Waals surface area contributed by atoms with Gasteiger partial charge in [0, 0.05) is 13.1 Å². The van der Waals surface area contributed by atoms with E-state index in [0.717, 1.165) is 12.5 Å². The van der Waals surface area contributed by atoms with Gasteiger partial charge in [-0.1, -0.05) is 26.7 Å². The predicted molar refractivity (Wildman–Crippen MR) is 74.3 cm³/mol. The Hall–Kier alpha value is -0.0800. The van der Waals surface area contributed by atoms with Gasteiger partial charge in [-0.05, 0) is 56.7 Å². The summed E-state index contributed by atoms with van der Waals surface area (Å²) < 4.78 is 0. The van der Waals surface area contributed by atoms with Crippen molar-refractivity contribution in [1.82, 2.24) is 10.2 Å². The third kappa shape index (κ3) is 3.45. The first-order valence-electron chi connectivity index (χ1n) is 7.71. The molecule has 100 valence electrons. The fourth-order valence-corrected chi connectivity index (χ4v) is 3.79. The molecule has 2 fully saturated rings. The quantitative estimate of drug-likeness (QED) is 0.765. The Morgan fingerprint density at radius 3 is 2.65 bits per heavy atom. The molecular formula is C15H30N2. The van der Waals surface area contributed by atoms with Gasteiger partial charge in [-0.3, -0.25) is 0 Å². The number of hydrogen-bond acceptors (Lipinski definition) is 2. The summed E-state index contributed by atoms with van der Waals surface area (Å²) in [6.07, 6.45) is 8.72. The Bertz CT molecular complexity index is 221. The monoisotopic (exact) mass is 238 g/mol. The van der Waals surface area contributed by atoms with E-state index in [1.165, 1.54) is 64.7 Å². The molecule has 1 N–H and O–H groups in total. The standard InChI is InChI=1S/C15H30N2/c1-3-15(8-5-6-9-15)13-17-10-7-14(12-17)11-16-4-2/h14,16H,3-13H2,1-2H3. The molecule has 2 heteroatoms. The minimum absolute atomic E-state index is 0.688. The molecule has 0 aromatic carbocycles. The smallest absolute Gasteiger partial charge is 0.00380 e. The van der Waals surface area contributed by atoms with E-state index in [0.29, 0.717) is 5.41 Å². The van der Waals surface area contributed by atoms with Crippen LogP contribution in [0.15, 0.2) is 0 Å². The molecule has 1 aliphatic heterocycles. The molecule has 1 saturated carbocycles. The summed E-state index contributed by atoms with van der Waals surface area (Å²) in [4.78, 5) is 2.75.